The summed E-state index contributed by atoms with van der Waals surface area (Å²) in [6.07, 6.45) is 1.30. The van der Waals surface area contributed by atoms with Crippen LogP contribution >= 0.6 is 0 Å². The van der Waals surface area contributed by atoms with E-state index in [4.69, 9.17) is 4.74 Å². The summed E-state index contributed by atoms with van der Waals surface area (Å²) >= 11 is 0. The predicted molar refractivity (Wildman–Crippen MR) is 99.2 cm³/mol. The Morgan fingerprint density at radius 3 is 2.41 bits per heavy atom. The zero-order valence-electron chi connectivity index (χ0n) is 15.3. The molecule has 4 rings (SSSR count). The summed E-state index contributed by atoms with van der Waals surface area (Å²) in [7, 11) is 0. The number of ether oxygens (including phenoxy) is 1. The van der Waals surface area contributed by atoms with Crippen molar-refractivity contribution in [1.82, 2.24) is 4.90 Å². The molecule has 6 nitrogen and oxygen atoms in total. The Bertz CT molecular complexity index is 955. The Morgan fingerprint density at radius 2 is 1.67 bits per heavy atom. The Kier molecular flexibility index (Phi) is 3.98. The normalized spacial score (nSPS) is 21.2. The van der Waals surface area contributed by atoms with Gasteiger partial charge in [0.2, 0.25) is 0 Å². The molecule has 1 atom stereocenters. The van der Waals surface area contributed by atoms with Gasteiger partial charge in [-0.15, -0.1) is 0 Å². The number of rotatable bonds is 4. The lowest BCUT2D eigenvalue weighted by Gasteiger charge is -2.30. The van der Waals surface area contributed by atoms with Gasteiger partial charge in [0.05, 0.1) is 11.3 Å². The van der Waals surface area contributed by atoms with E-state index in [2.05, 4.69) is 0 Å². The second-order valence-electron chi connectivity index (χ2n) is 6.64. The Labute approximate surface area is 157 Å². The first-order valence-electron chi connectivity index (χ1n) is 9.13. The average Bonchev–Trinajstić information content (AvgIpc) is 3.10. The van der Waals surface area contributed by atoms with Crippen molar-refractivity contribution in [3.8, 4) is 0 Å². The molecule has 1 saturated heterocycles. The lowest BCUT2D eigenvalue weighted by molar-refractivity contribution is -0.147. The van der Waals surface area contributed by atoms with E-state index < -0.39 is 23.6 Å². The molecule has 138 valence electrons. The number of urea groups is 1. The van der Waals surface area contributed by atoms with Crippen LogP contribution in [-0.2, 0) is 21.7 Å². The third kappa shape index (κ3) is 2.22. The van der Waals surface area contributed by atoms with Crippen LogP contribution in [0.5, 0.6) is 0 Å². The molecule has 0 aliphatic carbocycles. The van der Waals surface area contributed by atoms with Gasteiger partial charge in [-0.05, 0) is 30.5 Å². The molecule has 0 bridgehead atoms. The van der Waals surface area contributed by atoms with Crippen molar-refractivity contribution in [1.29, 1.82) is 0 Å². The van der Waals surface area contributed by atoms with Crippen LogP contribution < -0.4 is 4.90 Å². The highest BCUT2D eigenvalue weighted by molar-refractivity contribution is 6.25. The van der Waals surface area contributed by atoms with Gasteiger partial charge in [-0.3, -0.25) is 9.69 Å². The third-order valence-corrected chi connectivity index (χ3v) is 5.11. The quantitative estimate of drug-likeness (QED) is 0.616. The van der Waals surface area contributed by atoms with Crippen LogP contribution in [0.1, 0.15) is 41.8 Å². The number of anilines is 1. The number of amides is 3. The Hall–Kier alpha value is -3.15. The van der Waals surface area contributed by atoms with Crippen LogP contribution in [0.2, 0.25) is 0 Å². The lowest BCUT2D eigenvalue weighted by atomic mass is 9.98. The molecular weight excluding hydrogens is 344 g/mol. The summed E-state index contributed by atoms with van der Waals surface area (Å²) < 4.78 is 5.63. The standard InChI is InChI=1S/C21H20N2O4/c1-3-13-22-20(26)23(17-12-8-5-9-14(17)4-2)19(25)21(22)16-11-7-6-10-15(16)18(24)27-21/h5-12H,3-4,13H2,1-2H3. The van der Waals surface area contributed by atoms with Crippen molar-refractivity contribution in [3.63, 3.8) is 0 Å². The minimum absolute atomic E-state index is 0.303. The number of fused-ring (bicyclic) bond motifs is 2. The van der Waals surface area contributed by atoms with Crippen molar-refractivity contribution < 1.29 is 19.1 Å². The highest BCUT2D eigenvalue weighted by atomic mass is 16.6. The van der Waals surface area contributed by atoms with E-state index in [0.717, 1.165) is 10.5 Å². The first-order chi connectivity index (χ1) is 13.1. The molecular formula is C21H20N2O4. The Balaban J connectivity index is 1.92. The van der Waals surface area contributed by atoms with Crippen molar-refractivity contribution >= 4 is 23.6 Å². The number of para-hydroxylation sites is 1. The van der Waals surface area contributed by atoms with Crippen molar-refractivity contribution in [2.24, 2.45) is 0 Å². The molecule has 0 saturated carbocycles. The fourth-order valence-corrected chi connectivity index (χ4v) is 3.89. The minimum atomic E-state index is -1.72. The summed E-state index contributed by atoms with van der Waals surface area (Å²) in [5.41, 5.74) is 0.448. The van der Waals surface area contributed by atoms with Gasteiger partial charge in [-0.1, -0.05) is 50.2 Å². The fourth-order valence-electron chi connectivity index (χ4n) is 3.89. The minimum Gasteiger partial charge on any atom is -0.421 e. The maximum absolute atomic E-state index is 13.6. The molecule has 27 heavy (non-hydrogen) atoms. The molecule has 6 heteroatoms. The van der Waals surface area contributed by atoms with Crippen molar-refractivity contribution in [2.75, 3.05) is 11.4 Å². The van der Waals surface area contributed by atoms with Gasteiger partial charge in [0.1, 0.15) is 0 Å². The molecule has 1 unspecified atom stereocenters. The van der Waals surface area contributed by atoms with Crippen molar-refractivity contribution in [3.05, 3.63) is 65.2 Å². The number of nitrogens with zero attached hydrogens (tertiary/aromatic N) is 2. The second kappa shape index (κ2) is 6.23. The van der Waals surface area contributed by atoms with Gasteiger partial charge >= 0.3 is 17.9 Å². The third-order valence-electron chi connectivity index (χ3n) is 5.11. The predicted octanol–water partition coefficient (Wildman–Crippen LogP) is 3.45. The summed E-state index contributed by atoms with van der Waals surface area (Å²) in [5, 5.41) is 0. The van der Waals surface area contributed by atoms with E-state index in [0.29, 0.717) is 36.2 Å². The fraction of sp³-hybridized carbons (Fsp3) is 0.286. The molecule has 2 aromatic carbocycles. The number of carbonyl (C=O) groups is 3. The molecule has 0 aromatic heterocycles. The molecule has 1 fully saturated rings. The van der Waals surface area contributed by atoms with Crippen LogP contribution in [0.25, 0.3) is 0 Å². The molecule has 2 aliphatic heterocycles. The molecule has 2 aliphatic rings. The van der Waals surface area contributed by atoms with E-state index in [-0.39, 0.29) is 0 Å². The second-order valence-corrected chi connectivity index (χ2v) is 6.64. The SMILES string of the molecule is CCCN1C(=O)N(c2ccccc2CC)C(=O)C12OC(=O)c1ccccc12. The topological polar surface area (TPSA) is 66.9 Å². The number of hydrogen-bond donors (Lipinski definition) is 0. The number of aryl methyl sites for hydroxylation is 1. The summed E-state index contributed by atoms with van der Waals surface area (Å²) in [6, 6.07) is 13.6. The first kappa shape index (κ1) is 17.3. The molecule has 3 amide bonds. The van der Waals surface area contributed by atoms with E-state index in [1.807, 2.05) is 26.0 Å². The number of hydrogen-bond acceptors (Lipinski definition) is 4. The zero-order valence-corrected chi connectivity index (χ0v) is 15.3. The van der Waals surface area contributed by atoms with Gasteiger partial charge in [-0.2, -0.15) is 0 Å². The number of imide groups is 1. The van der Waals surface area contributed by atoms with E-state index in [1.165, 1.54) is 4.90 Å². The highest BCUT2D eigenvalue weighted by Crippen LogP contribution is 2.46. The zero-order chi connectivity index (χ0) is 19.2. The maximum atomic E-state index is 13.6. The van der Waals surface area contributed by atoms with Gasteiger partial charge in [-0.25, -0.2) is 14.5 Å². The number of esters is 1. The molecule has 2 heterocycles. The summed E-state index contributed by atoms with van der Waals surface area (Å²) in [4.78, 5) is 41.9. The van der Waals surface area contributed by atoms with Gasteiger partial charge in [0, 0.05) is 12.1 Å². The largest absolute Gasteiger partial charge is 0.421 e. The first-order valence-corrected chi connectivity index (χ1v) is 9.13. The monoisotopic (exact) mass is 364 g/mol. The molecule has 1 spiro atoms. The van der Waals surface area contributed by atoms with Gasteiger partial charge < -0.3 is 4.74 Å². The van der Waals surface area contributed by atoms with Gasteiger partial charge in [0.15, 0.2) is 0 Å². The molecule has 2 aromatic rings. The average molecular weight is 364 g/mol. The van der Waals surface area contributed by atoms with Crippen LogP contribution in [0.3, 0.4) is 0 Å². The number of benzene rings is 2. The highest BCUT2D eigenvalue weighted by Gasteiger charge is 2.65. The van der Waals surface area contributed by atoms with E-state index in [9.17, 15) is 14.4 Å². The lowest BCUT2D eigenvalue weighted by Crippen LogP contribution is -2.47. The molecule has 0 N–H and O–H groups in total. The summed E-state index contributed by atoms with van der Waals surface area (Å²) in [5.74, 6) is -1.13. The van der Waals surface area contributed by atoms with Crippen molar-refractivity contribution in [2.45, 2.75) is 32.4 Å². The van der Waals surface area contributed by atoms with Crippen LogP contribution in [0.4, 0.5) is 10.5 Å². The number of carbonyl (C=O) groups excluding carboxylic acids is 3. The maximum Gasteiger partial charge on any atom is 0.341 e. The summed E-state index contributed by atoms with van der Waals surface area (Å²) in [6.45, 7) is 4.18. The van der Waals surface area contributed by atoms with Crippen LogP contribution in [0.15, 0.2) is 48.5 Å². The van der Waals surface area contributed by atoms with Crippen LogP contribution in [-0.4, -0.2) is 29.4 Å². The Morgan fingerprint density at radius 1 is 0.963 bits per heavy atom. The van der Waals surface area contributed by atoms with E-state index >= 15 is 0 Å². The van der Waals surface area contributed by atoms with Gasteiger partial charge in [0.25, 0.3) is 5.72 Å². The van der Waals surface area contributed by atoms with Crippen LogP contribution in [0, 0.1) is 0 Å². The molecule has 0 radical (unpaired) electrons. The van der Waals surface area contributed by atoms with E-state index in [1.54, 1.807) is 36.4 Å². The smallest absolute Gasteiger partial charge is 0.341 e.